The first-order valence-corrected chi connectivity index (χ1v) is 5.39. The van der Waals surface area contributed by atoms with Crippen LogP contribution in [0.2, 0.25) is 0 Å². The monoisotopic (exact) mass is 181 g/mol. The summed E-state index contributed by atoms with van der Waals surface area (Å²) in [6.07, 6.45) is 5.41. The van der Waals surface area contributed by atoms with Crippen LogP contribution in [0, 0.1) is 17.3 Å². The van der Waals surface area contributed by atoms with Gasteiger partial charge in [0.05, 0.1) is 0 Å². The van der Waals surface area contributed by atoms with E-state index < -0.39 is 0 Å². The molecule has 2 rings (SSSR count). The highest BCUT2D eigenvalue weighted by Gasteiger charge is 2.43. The molecular formula is C11H19NO. The van der Waals surface area contributed by atoms with Crippen molar-refractivity contribution in [1.82, 2.24) is 5.32 Å². The Kier molecular flexibility index (Phi) is 2.09. The Morgan fingerprint density at radius 3 is 2.62 bits per heavy atom. The number of hydrogen-bond donors (Lipinski definition) is 1. The minimum atomic E-state index is 0.216. The number of carbonyl (C=O) groups excluding carboxylic acids is 1. The predicted molar refractivity (Wildman–Crippen MR) is 52.2 cm³/mol. The molecule has 0 aromatic rings. The Labute approximate surface area is 80.1 Å². The standard InChI is InChI=1S/C11H19NO/c1-8-10(13)12-7-11(8,2)6-9-4-3-5-9/h8-9H,3-7H2,1-2H3,(H,12,13). The molecule has 1 aliphatic heterocycles. The van der Waals surface area contributed by atoms with E-state index in [2.05, 4.69) is 19.2 Å². The van der Waals surface area contributed by atoms with E-state index in [4.69, 9.17) is 0 Å². The van der Waals surface area contributed by atoms with Crippen molar-refractivity contribution < 1.29 is 4.79 Å². The average molecular weight is 181 g/mol. The molecule has 1 heterocycles. The first-order chi connectivity index (χ1) is 6.12. The fourth-order valence-corrected chi connectivity index (χ4v) is 2.52. The first-order valence-electron chi connectivity index (χ1n) is 5.39. The number of carbonyl (C=O) groups is 1. The van der Waals surface area contributed by atoms with Crippen LogP contribution in [0.5, 0.6) is 0 Å². The molecule has 0 aromatic heterocycles. The van der Waals surface area contributed by atoms with Gasteiger partial charge in [-0.25, -0.2) is 0 Å². The highest BCUT2D eigenvalue weighted by atomic mass is 16.2. The number of amides is 1. The SMILES string of the molecule is CC1C(=O)NCC1(C)CC1CCC1. The summed E-state index contributed by atoms with van der Waals surface area (Å²) in [7, 11) is 0. The van der Waals surface area contributed by atoms with Crippen LogP contribution in [0.25, 0.3) is 0 Å². The summed E-state index contributed by atoms with van der Waals surface area (Å²) >= 11 is 0. The van der Waals surface area contributed by atoms with Gasteiger partial charge in [0.1, 0.15) is 0 Å². The topological polar surface area (TPSA) is 29.1 Å². The quantitative estimate of drug-likeness (QED) is 0.693. The lowest BCUT2D eigenvalue weighted by Crippen LogP contribution is -2.30. The first kappa shape index (κ1) is 9.04. The molecule has 2 atom stereocenters. The van der Waals surface area contributed by atoms with Gasteiger partial charge in [-0.05, 0) is 17.8 Å². The summed E-state index contributed by atoms with van der Waals surface area (Å²) in [5.74, 6) is 1.37. The molecule has 1 N–H and O–H groups in total. The van der Waals surface area contributed by atoms with Crippen LogP contribution in [-0.2, 0) is 4.79 Å². The van der Waals surface area contributed by atoms with Crippen LogP contribution in [0.1, 0.15) is 39.5 Å². The smallest absolute Gasteiger partial charge is 0.223 e. The summed E-state index contributed by atoms with van der Waals surface area (Å²) < 4.78 is 0. The van der Waals surface area contributed by atoms with Crippen molar-refractivity contribution in [3.8, 4) is 0 Å². The molecule has 2 aliphatic rings. The largest absolute Gasteiger partial charge is 0.355 e. The van der Waals surface area contributed by atoms with E-state index in [0.29, 0.717) is 0 Å². The Balaban J connectivity index is 1.98. The predicted octanol–water partition coefficient (Wildman–Crippen LogP) is 1.95. The van der Waals surface area contributed by atoms with Gasteiger partial charge in [-0.2, -0.15) is 0 Å². The number of nitrogens with one attached hydrogen (secondary N) is 1. The van der Waals surface area contributed by atoms with Crippen LogP contribution >= 0.6 is 0 Å². The number of hydrogen-bond acceptors (Lipinski definition) is 1. The molecule has 13 heavy (non-hydrogen) atoms. The molecule has 1 saturated heterocycles. The van der Waals surface area contributed by atoms with Gasteiger partial charge in [0, 0.05) is 12.5 Å². The summed E-state index contributed by atoms with van der Waals surface area (Å²) in [6.45, 7) is 5.22. The van der Waals surface area contributed by atoms with Gasteiger partial charge in [0.15, 0.2) is 0 Å². The van der Waals surface area contributed by atoms with E-state index in [9.17, 15) is 4.79 Å². The van der Waals surface area contributed by atoms with E-state index >= 15 is 0 Å². The molecule has 0 bridgehead atoms. The molecule has 1 aliphatic carbocycles. The fourth-order valence-electron chi connectivity index (χ4n) is 2.52. The van der Waals surface area contributed by atoms with Gasteiger partial charge in [-0.3, -0.25) is 4.79 Å². The molecule has 2 heteroatoms. The second kappa shape index (κ2) is 3.00. The molecule has 1 amide bonds. The Bertz CT molecular complexity index is 222. The summed E-state index contributed by atoms with van der Waals surface area (Å²) in [6, 6.07) is 0. The lowest BCUT2D eigenvalue weighted by molar-refractivity contribution is -0.123. The Hall–Kier alpha value is -0.530. The average Bonchev–Trinajstić information content (AvgIpc) is 2.28. The third-order valence-corrected chi connectivity index (χ3v) is 4.08. The van der Waals surface area contributed by atoms with E-state index in [1.165, 1.54) is 25.7 Å². The molecule has 2 unspecified atom stereocenters. The van der Waals surface area contributed by atoms with Crippen molar-refractivity contribution in [2.24, 2.45) is 17.3 Å². The molecule has 2 fully saturated rings. The summed E-state index contributed by atoms with van der Waals surface area (Å²) in [5.41, 5.74) is 0.238. The van der Waals surface area contributed by atoms with Gasteiger partial charge in [-0.1, -0.05) is 33.1 Å². The van der Waals surface area contributed by atoms with Crippen LogP contribution in [0.4, 0.5) is 0 Å². The Morgan fingerprint density at radius 1 is 1.54 bits per heavy atom. The van der Waals surface area contributed by atoms with Gasteiger partial charge >= 0.3 is 0 Å². The van der Waals surface area contributed by atoms with E-state index in [1.54, 1.807) is 0 Å². The van der Waals surface area contributed by atoms with Gasteiger partial charge in [-0.15, -0.1) is 0 Å². The number of rotatable bonds is 2. The maximum Gasteiger partial charge on any atom is 0.223 e. The van der Waals surface area contributed by atoms with Crippen molar-refractivity contribution in [3.63, 3.8) is 0 Å². The van der Waals surface area contributed by atoms with Gasteiger partial charge < -0.3 is 5.32 Å². The zero-order valence-corrected chi connectivity index (χ0v) is 8.60. The molecule has 2 nitrogen and oxygen atoms in total. The highest BCUT2D eigenvalue weighted by Crippen LogP contribution is 2.43. The third kappa shape index (κ3) is 1.47. The van der Waals surface area contributed by atoms with Crippen LogP contribution < -0.4 is 5.32 Å². The van der Waals surface area contributed by atoms with Gasteiger partial charge in [0.2, 0.25) is 5.91 Å². The second-order valence-electron chi connectivity index (χ2n) is 5.09. The maximum atomic E-state index is 11.4. The normalized spacial score (nSPS) is 40.2. The van der Waals surface area contributed by atoms with Crippen molar-refractivity contribution in [2.75, 3.05) is 6.54 Å². The fraction of sp³-hybridized carbons (Fsp3) is 0.909. The van der Waals surface area contributed by atoms with Crippen molar-refractivity contribution in [1.29, 1.82) is 0 Å². The minimum absolute atomic E-state index is 0.216. The molecule has 0 radical (unpaired) electrons. The lowest BCUT2D eigenvalue weighted by Gasteiger charge is -2.35. The molecule has 1 saturated carbocycles. The second-order valence-corrected chi connectivity index (χ2v) is 5.09. The molecular weight excluding hydrogens is 162 g/mol. The van der Waals surface area contributed by atoms with Crippen LogP contribution in [0.15, 0.2) is 0 Å². The Morgan fingerprint density at radius 2 is 2.23 bits per heavy atom. The van der Waals surface area contributed by atoms with Crippen molar-refractivity contribution in [2.45, 2.75) is 39.5 Å². The van der Waals surface area contributed by atoms with Crippen molar-refractivity contribution in [3.05, 3.63) is 0 Å². The van der Waals surface area contributed by atoms with Crippen LogP contribution in [-0.4, -0.2) is 12.5 Å². The van der Waals surface area contributed by atoms with E-state index in [1.807, 2.05) is 0 Å². The zero-order valence-electron chi connectivity index (χ0n) is 8.60. The summed E-state index contributed by atoms with van der Waals surface area (Å²) in [4.78, 5) is 11.4. The lowest BCUT2D eigenvalue weighted by atomic mass is 9.69. The minimum Gasteiger partial charge on any atom is -0.355 e. The van der Waals surface area contributed by atoms with E-state index in [0.717, 1.165) is 12.5 Å². The van der Waals surface area contributed by atoms with Crippen LogP contribution in [0.3, 0.4) is 0 Å². The third-order valence-electron chi connectivity index (χ3n) is 4.08. The maximum absolute atomic E-state index is 11.4. The van der Waals surface area contributed by atoms with Gasteiger partial charge in [0.25, 0.3) is 0 Å². The highest BCUT2D eigenvalue weighted by molar-refractivity contribution is 5.81. The summed E-state index contributed by atoms with van der Waals surface area (Å²) in [5, 5.41) is 2.97. The van der Waals surface area contributed by atoms with E-state index in [-0.39, 0.29) is 17.2 Å². The molecule has 0 spiro atoms. The van der Waals surface area contributed by atoms with Crippen molar-refractivity contribution >= 4 is 5.91 Å². The zero-order chi connectivity index (χ0) is 9.47. The molecule has 74 valence electrons. The molecule has 0 aromatic carbocycles.